The van der Waals surface area contributed by atoms with Gasteiger partial charge in [0.15, 0.2) is 0 Å². The van der Waals surface area contributed by atoms with Crippen LogP contribution >= 0.6 is 11.8 Å². The summed E-state index contributed by atoms with van der Waals surface area (Å²) in [6.07, 6.45) is -0.726. The lowest BCUT2D eigenvalue weighted by Gasteiger charge is -2.03. The third-order valence-corrected chi connectivity index (χ3v) is 0.574. The fraction of sp³-hybridized carbons (Fsp3) is 0.750. The lowest BCUT2D eigenvalue weighted by atomic mass is 10.5. The molecule has 0 aliphatic heterocycles. The number of rotatable bonds is 1. The Bertz CT molecular complexity index is 84.1. The van der Waals surface area contributed by atoms with Crippen LogP contribution in [0.3, 0.4) is 0 Å². The standard InChI is InChI=1S/C4H8ClNO2/c1-3(2)8-4(7)6-5/h3H,1-2H3,(H,6,7). The SMILES string of the molecule is CC(C)OC(=O)NCl. The molecule has 0 rings (SSSR count). The Kier molecular flexibility index (Phi) is 3.35. The molecule has 0 spiro atoms. The summed E-state index contributed by atoms with van der Waals surface area (Å²) in [5.74, 6) is 0. The summed E-state index contributed by atoms with van der Waals surface area (Å²) in [5, 5.41) is 0. The first kappa shape index (κ1) is 7.56. The maximum absolute atomic E-state index is 10.2. The number of carbonyl (C=O) groups is 1. The molecule has 1 amide bonds. The molecule has 0 radical (unpaired) electrons. The van der Waals surface area contributed by atoms with Gasteiger partial charge >= 0.3 is 6.09 Å². The van der Waals surface area contributed by atoms with Crippen molar-refractivity contribution in [3.8, 4) is 0 Å². The van der Waals surface area contributed by atoms with Gasteiger partial charge in [-0.25, -0.2) is 9.63 Å². The fourth-order valence-electron chi connectivity index (χ4n) is 0.236. The molecule has 8 heavy (non-hydrogen) atoms. The van der Waals surface area contributed by atoms with Gasteiger partial charge < -0.3 is 4.74 Å². The molecule has 0 aromatic rings. The van der Waals surface area contributed by atoms with E-state index in [2.05, 4.69) is 4.74 Å². The van der Waals surface area contributed by atoms with Crippen LogP contribution in [0, 0.1) is 0 Å². The third-order valence-electron chi connectivity index (χ3n) is 0.420. The molecule has 0 unspecified atom stereocenters. The van der Waals surface area contributed by atoms with E-state index in [-0.39, 0.29) is 6.10 Å². The van der Waals surface area contributed by atoms with Crippen LogP contribution in [-0.4, -0.2) is 12.2 Å². The minimum atomic E-state index is -0.610. The number of hydrogen-bond donors (Lipinski definition) is 1. The van der Waals surface area contributed by atoms with Crippen LogP contribution in [0.1, 0.15) is 13.8 Å². The highest BCUT2D eigenvalue weighted by atomic mass is 35.5. The summed E-state index contributed by atoms with van der Waals surface area (Å²) in [5.41, 5.74) is 0. The van der Waals surface area contributed by atoms with Gasteiger partial charge in [-0.05, 0) is 13.8 Å². The van der Waals surface area contributed by atoms with Gasteiger partial charge in [0.2, 0.25) is 0 Å². The predicted molar refractivity (Wildman–Crippen MR) is 30.6 cm³/mol. The van der Waals surface area contributed by atoms with E-state index < -0.39 is 6.09 Å². The Morgan fingerprint density at radius 3 is 2.38 bits per heavy atom. The van der Waals surface area contributed by atoms with E-state index >= 15 is 0 Å². The molecular formula is C4H8ClNO2. The quantitative estimate of drug-likeness (QED) is 0.553. The third kappa shape index (κ3) is 3.74. The molecule has 4 heteroatoms. The predicted octanol–water partition coefficient (Wildman–Crippen LogP) is 1.27. The van der Waals surface area contributed by atoms with Gasteiger partial charge in [-0.15, -0.1) is 0 Å². The van der Waals surface area contributed by atoms with E-state index in [0.717, 1.165) is 0 Å². The van der Waals surface area contributed by atoms with Crippen LogP contribution in [0.4, 0.5) is 4.79 Å². The zero-order valence-corrected chi connectivity index (χ0v) is 5.53. The second-order valence-electron chi connectivity index (χ2n) is 1.55. The fourth-order valence-corrected chi connectivity index (χ4v) is 0.281. The molecule has 0 saturated heterocycles. The van der Waals surface area contributed by atoms with E-state index in [9.17, 15) is 4.79 Å². The first-order chi connectivity index (χ1) is 3.66. The van der Waals surface area contributed by atoms with E-state index in [1.807, 2.05) is 4.84 Å². The van der Waals surface area contributed by atoms with Crippen LogP contribution < -0.4 is 4.84 Å². The first-order valence-corrected chi connectivity index (χ1v) is 2.62. The zero-order valence-electron chi connectivity index (χ0n) is 4.77. The Labute approximate surface area is 53.1 Å². The van der Waals surface area contributed by atoms with Crippen molar-refractivity contribution in [2.75, 3.05) is 0 Å². The lowest BCUT2D eigenvalue weighted by molar-refractivity contribution is 0.121. The molecule has 3 nitrogen and oxygen atoms in total. The molecule has 1 N–H and O–H groups in total. The second kappa shape index (κ2) is 3.55. The Balaban J connectivity index is 3.25. The Hall–Kier alpha value is -0.440. The van der Waals surface area contributed by atoms with Gasteiger partial charge in [-0.1, -0.05) is 0 Å². The molecule has 0 aromatic carbocycles. The summed E-state index contributed by atoms with van der Waals surface area (Å²) in [7, 11) is 0. The van der Waals surface area contributed by atoms with Gasteiger partial charge in [-0.3, -0.25) is 0 Å². The van der Waals surface area contributed by atoms with Crippen LogP contribution in [-0.2, 0) is 4.74 Å². The maximum atomic E-state index is 10.2. The summed E-state index contributed by atoms with van der Waals surface area (Å²) in [4.78, 5) is 12.0. The van der Waals surface area contributed by atoms with Crippen molar-refractivity contribution in [1.29, 1.82) is 0 Å². The molecule has 0 fully saturated rings. The summed E-state index contributed by atoms with van der Waals surface area (Å²) < 4.78 is 4.52. The largest absolute Gasteiger partial charge is 0.446 e. The number of amides is 1. The Morgan fingerprint density at radius 1 is 1.75 bits per heavy atom. The number of carbonyl (C=O) groups excluding carboxylic acids is 1. The van der Waals surface area contributed by atoms with E-state index in [1.165, 1.54) is 0 Å². The molecule has 0 heterocycles. The zero-order chi connectivity index (χ0) is 6.57. The smallest absolute Gasteiger partial charge is 0.422 e. The number of halogens is 1. The summed E-state index contributed by atoms with van der Waals surface area (Å²) >= 11 is 4.87. The van der Waals surface area contributed by atoms with Gasteiger partial charge in [0.1, 0.15) is 0 Å². The van der Waals surface area contributed by atoms with Gasteiger partial charge in [0.25, 0.3) is 0 Å². The molecule has 0 atom stereocenters. The van der Waals surface area contributed by atoms with Crippen LogP contribution in [0.25, 0.3) is 0 Å². The topological polar surface area (TPSA) is 38.3 Å². The van der Waals surface area contributed by atoms with Gasteiger partial charge in [0.05, 0.1) is 6.10 Å². The van der Waals surface area contributed by atoms with Crippen LogP contribution in [0.2, 0.25) is 0 Å². The number of ether oxygens (including phenoxy) is 1. The summed E-state index contributed by atoms with van der Waals surface area (Å²) in [6, 6.07) is 0. The van der Waals surface area contributed by atoms with Crippen molar-refractivity contribution in [3.05, 3.63) is 0 Å². The van der Waals surface area contributed by atoms with Crippen molar-refractivity contribution in [1.82, 2.24) is 4.84 Å². The lowest BCUT2D eigenvalue weighted by Crippen LogP contribution is -2.18. The summed E-state index contributed by atoms with van der Waals surface area (Å²) in [6.45, 7) is 3.48. The number of nitrogens with one attached hydrogen (secondary N) is 1. The average Bonchev–Trinajstić information content (AvgIpc) is 1.65. The van der Waals surface area contributed by atoms with E-state index in [1.54, 1.807) is 13.8 Å². The molecule has 0 aliphatic rings. The molecule has 48 valence electrons. The molecular weight excluding hydrogens is 130 g/mol. The van der Waals surface area contributed by atoms with Gasteiger partial charge in [0, 0.05) is 11.8 Å². The molecule has 0 saturated carbocycles. The highest BCUT2D eigenvalue weighted by molar-refractivity contribution is 6.20. The minimum absolute atomic E-state index is 0.117. The Morgan fingerprint density at radius 2 is 2.25 bits per heavy atom. The van der Waals surface area contributed by atoms with Gasteiger partial charge in [-0.2, -0.15) is 0 Å². The monoisotopic (exact) mass is 137 g/mol. The van der Waals surface area contributed by atoms with Crippen molar-refractivity contribution in [3.63, 3.8) is 0 Å². The van der Waals surface area contributed by atoms with Crippen LogP contribution in [0.5, 0.6) is 0 Å². The minimum Gasteiger partial charge on any atom is -0.446 e. The normalized spacial score (nSPS) is 9.00. The molecule has 0 aromatic heterocycles. The highest BCUT2D eigenvalue weighted by Crippen LogP contribution is 1.87. The van der Waals surface area contributed by atoms with Crippen LogP contribution in [0.15, 0.2) is 0 Å². The van der Waals surface area contributed by atoms with Crippen molar-refractivity contribution >= 4 is 17.9 Å². The maximum Gasteiger partial charge on any atom is 0.422 e. The first-order valence-electron chi connectivity index (χ1n) is 2.24. The van der Waals surface area contributed by atoms with Crippen molar-refractivity contribution in [2.45, 2.75) is 20.0 Å². The second-order valence-corrected chi connectivity index (χ2v) is 1.74. The van der Waals surface area contributed by atoms with Crippen molar-refractivity contribution in [2.24, 2.45) is 0 Å². The molecule has 0 bridgehead atoms. The van der Waals surface area contributed by atoms with Crippen molar-refractivity contribution < 1.29 is 9.53 Å². The average molecular weight is 138 g/mol. The molecule has 0 aliphatic carbocycles. The number of hydrogen-bond acceptors (Lipinski definition) is 2. The van der Waals surface area contributed by atoms with E-state index in [0.29, 0.717) is 0 Å². The van der Waals surface area contributed by atoms with E-state index in [4.69, 9.17) is 11.8 Å². The highest BCUT2D eigenvalue weighted by Gasteiger charge is 1.99.